The molecule has 2 rings (SSSR count). The molecule has 1 amide bonds. The summed E-state index contributed by atoms with van der Waals surface area (Å²) in [6.45, 7) is 5.20. The predicted molar refractivity (Wildman–Crippen MR) is 78.5 cm³/mol. The quantitative estimate of drug-likeness (QED) is 0.847. The summed E-state index contributed by atoms with van der Waals surface area (Å²) in [6, 6.07) is 6.85. The molecule has 1 aromatic rings. The van der Waals surface area contributed by atoms with Crippen LogP contribution in [0.25, 0.3) is 0 Å². The monoisotopic (exact) mass is 312 g/mol. The highest BCUT2D eigenvalue weighted by molar-refractivity contribution is 7.89. The van der Waals surface area contributed by atoms with Crippen molar-refractivity contribution in [2.45, 2.75) is 18.7 Å². The van der Waals surface area contributed by atoms with E-state index >= 15 is 0 Å². The zero-order valence-corrected chi connectivity index (χ0v) is 13.1. The third kappa shape index (κ3) is 3.54. The molecule has 7 heteroatoms. The third-order valence-corrected chi connectivity index (χ3v) is 5.29. The molecule has 0 spiro atoms. The van der Waals surface area contributed by atoms with Gasteiger partial charge in [0, 0.05) is 26.2 Å². The van der Waals surface area contributed by atoms with Crippen molar-refractivity contribution in [1.82, 2.24) is 9.21 Å². The van der Waals surface area contributed by atoms with E-state index in [1.165, 1.54) is 9.21 Å². The molecular weight excluding hydrogens is 292 g/mol. The number of ether oxygens (including phenoxy) is 1. The fourth-order valence-electron chi connectivity index (χ4n) is 2.25. The maximum absolute atomic E-state index is 12.5. The molecule has 6 nitrogen and oxygen atoms in total. The number of carbonyl (C=O) groups excluding carboxylic acids is 1. The lowest BCUT2D eigenvalue weighted by atomic mass is 10.2. The fourth-order valence-corrected chi connectivity index (χ4v) is 3.78. The van der Waals surface area contributed by atoms with Crippen LogP contribution in [0.5, 0.6) is 0 Å². The van der Waals surface area contributed by atoms with Crippen LogP contribution in [0, 0.1) is 6.92 Å². The lowest BCUT2D eigenvalue weighted by Gasteiger charge is -2.33. The Labute approximate surface area is 125 Å². The van der Waals surface area contributed by atoms with Gasteiger partial charge < -0.3 is 9.64 Å². The van der Waals surface area contributed by atoms with Crippen LogP contribution in [0.2, 0.25) is 0 Å². The number of carbonyl (C=O) groups is 1. The van der Waals surface area contributed by atoms with Gasteiger partial charge in [-0.15, -0.1) is 0 Å². The van der Waals surface area contributed by atoms with Gasteiger partial charge in [-0.25, -0.2) is 13.2 Å². The van der Waals surface area contributed by atoms with Crippen molar-refractivity contribution in [3.8, 4) is 0 Å². The summed E-state index contributed by atoms with van der Waals surface area (Å²) in [4.78, 5) is 13.4. The number of amides is 1. The van der Waals surface area contributed by atoms with Crippen molar-refractivity contribution < 1.29 is 17.9 Å². The first-order valence-corrected chi connectivity index (χ1v) is 8.37. The fraction of sp³-hybridized carbons (Fsp3) is 0.500. The average molecular weight is 312 g/mol. The van der Waals surface area contributed by atoms with Gasteiger partial charge in [0.05, 0.1) is 11.5 Å². The van der Waals surface area contributed by atoms with Crippen molar-refractivity contribution in [2.24, 2.45) is 0 Å². The molecule has 21 heavy (non-hydrogen) atoms. The van der Waals surface area contributed by atoms with Crippen molar-refractivity contribution in [3.63, 3.8) is 0 Å². The normalized spacial score (nSPS) is 16.8. The van der Waals surface area contributed by atoms with Gasteiger partial charge in [-0.1, -0.05) is 12.1 Å². The van der Waals surface area contributed by atoms with E-state index in [1.807, 2.05) is 13.0 Å². The maximum atomic E-state index is 12.5. The minimum absolute atomic E-state index is 0.287. The number of sulfonamides is 1. The van der Waals surface area contributed by atoms with E-state index in [4.69, 9.17) is 4.74 Å². The minimum atomic E-state index is -3.49. The molecule has 0 N–H and O–H groups in total. The molecule has 1 heterocycles. The largest absolute Gasteiger partial charge is 0.450 e. The third-order valence-electron chi connectivity index (χ3n) is 3.39. The first-order valence-electron chi connectivity index (χ1n) is 6.93. The molecule has 0 radical (unpaired) electrons. The Morgan fingerprint density at radius 2 is 1.90 bits per heavy atom. The Bertz CT molecular complexity index is 607. The molecule has 0 aliphatic carbocycles. The number of piperazine rings is 1. The van der Waals surface area contributed by atoms with Crippen molar-refractivity contribution in [3.05, 3.63) is 29.8 Å². The summed E-state index contributed by atoms with van der Waals surface area (Å²) in [7, 11) is -3.49. The van der Waals surface area contributed by atoms with Gasteiger partial charge in [0.2, 0.25) is 10.0 Å². The second kappa shape index (κ2) is 6.44. The second-order valence-electron chi connectivity index (χ2n) is 4.91. The topological polar surface area (TPSA) is 66.9 Å². The van der Waals surface area contributed by atoms with Gasteiger partial charge in [0.1, 0.15) is 0 Å². The molecule has 1 aromatic carbocycles. The smallest absolute Gasteiger partial charge is 0.409 e. The van der Waals surface area contributed by atoms with Gasteiger partial charge in [0.15, 0.2) is 0 Å². The zero-order chi connectivity index (χ0) is 15.5. The second-order valence-corrected chi connectivity index (χ2v) is 6.84. The van der Waals surface area contributed by atoms with Gasteiger partial charge in [-0.3, -0.25) is 0 Å². The SMILES string of the molecule is CCOC(=O)N1CCN(S(=O)(=O)c2cccc(C)c2)CC1. The number of hydrogen-bond donors (Lipinski definition) is 0. The van der Waals surface area contributed by atoms with Crippen molar-refractivity contribution in [1.29, 1.82) is 0 Å². The lowest BCUT2D eigenvalue weighted by Crippen LogP contribution is -2.50. The standard InChI is InChI=1S/C14H20N2O4S/c1-3-20-14(17)15-7-9-16(10-8-15)21(18,19)13-6-4-5-12(2)11-13/h4-6,11H,3,7-10H2,1-2H3. The molecule has 0 bridgehead atoms. The van der Waals surface area contributed by atoms with Crippen LogP contribution in [0.4, 0.5) is 4.79 Å². The van der Waals surface area contributed by atoms with Crippen molar-refractivity contribution >= 4 is 16.1 Å². The highest BCUT2D eigenvalue weighted by Gasteiger charge is 2.30. The van der Waals surface area contributed by atoms with E-state index in [0.29, 0.717) is 24.6 Å². The first kappa shape index (κ1) is 15.8. The van der Waals surface area contributed by atoms with Crippen LogP contribution < -0.4 is 0 Å². The Kier molecular flexibility index (Phi) is 4.84. The van der Waals surface area contributed by atoms with Crippen LogP contribution in [0.15, 0.2) is 29.2 Å². The Morgan fingerprint density at radius 1 is 1.24 bits per heavy atom. The molecular formula is C14H20N2O4S. The molecule has 0 saturated carbocycles. The van der Waals surface area contributed by atoms with Crippen LogP contribution in [-0.4, -0.2) is 56.5 Å². The van der Waals surface area contributed by atoms with Gasteiger partial charge >= 0.3 is 6.09 Å². The van der Waals surface area contributed by atoms with Crippen LogP contribution >= 0.6 is 0 Å². The van der Waals surface area contributed by atoms with E-state index in [2.05, 4.69) is 0 Å². The zero-order valence-electron chi connectivity index (χ0n) is 12.3. The molecule has 0 aromatic heterocycles. The number of aryl methyl sites for hydroxylation is 1. The highest BCUT2D eigenvalue weighted by Crippen LogP contribution is 2.18. The molecule has 0 atom stereocenters. The van der Waals surface area contributed by atoms with Gasteiger partial charge in [-0.05, 0) is 31.5 Å². The summed E-state index contributed by atoms with van der Waals surface area (Å²) < 4.78 is 31.4. The average Bonchev–Trinajstić information content (AvgIpc) is 2.47. The summed E-state index contributed by atoms with van der Waals surface area (Å²) in [5.74, 6) is 0. The molecule has 1 saturated heterocycles. The van der Waals surface area contributed by atoms with Crippen LogP contribution in [-0.2, 0) is 14.8 Å². The Morgan fingerprint density at radius 3 is 2.48 bits per heavy atom. The number of hydrogen-bond acceptors (Lipinski definition) is 4. The Hall–Kier alpha value is -1.60. The predicted octanol–water partition coefficient (Wildman–Crippen LogP) is 1.46. The molecule has 0 unspecified atom stereocenters. The molecule has 1 fully saturated rings. The van der Waals surface area contributed by atoms with E-state index in [0.717, 1.165) is 5.56 Å². The molecule has 1 aliphatic rings. The maximum Gasteiger partial charge on any atom is 0.409 e. The molecule has 116 valence electrons. The number of nitrogens with zero attached hydrogens (tertiary/aromatic N) is 2. The first-order chi connectivity index (χ1) is 9.95. The van der Waals surface area contributed by atoms with Crippen LogP contribution in [0.3, 0.4) is 0 Å². The van der Waals surface area contributed by atoms with E-state index < -0.39 is 10.0 Å². The van der Waals surface area contributed by atoms with Crippen molar-refractivity contribution in [2.75, 3.05) is 32.8 Å². The van der Waals surface area contributed by atoms with Gasteiger partial charge in [-0.2, -0.15) is 4.31 Å². The Balaban J connectivity index is 2.06. The highest BCUT2D eigenvalue weighted by atomic mass is 32.2. The summed E-state index contributed by atoms with van der Waals surface area (Å²) in [5, 5.41) is 0. The minimum Gasteiger partial charge on any atom is -0.450 e. The number of benzene rings is 1. The molecule has 1 aliphatic heterocycles. The van der Waals surface area contributed by atoms with Gasteiger partial charge in [0.25, 0.3) is 0 Å². The number of rotatable bonds is 3. The summed E-state index contributed by atoms with van der Waals surface area (Å²) in [6.07, 6.45) is -0.384. The summed E-state index contributed by atoms with van der Waals surface area (Å²) in [5.41, 5.74) is 0.904. The van der Waals surface area contributed by atoms with E-state index in [-0.39, 0.29) is 19.2 Å². The van der Waals surface area contributed by atoms with Crippen LogP contribution in [0.1, 0.15) is 12.5 Å². The van der Waals surface area contributed by atoms with E-state index in [1.54, 1.807) is 25.1 Å². The lowest BCUT2D eigenvalue weighted by molar-refractivity contribution is 0.0934. The summed E-state index contributed by atoms with van der Waals surface area (Å²) >= 11 is 0. The van der Waals surface area contributed by atoms with E-state index in [9.17, 15) is 13.2 Å².